The second-order valence-electron chi connectivity index (χ2n) is 8.41. The predicted molar refractivity (Wildman–Crippen MR) is 128 cm³/mol. The molecule has 0 spiro atoms. The van der Waals surface area contributed by atoms with Gasteiger partial charge >= 0.3 is 0 Å². The van der Waals surface area contributed by atoms with Crippen molar-refractivity contribution in [1.29, 1.82) is 0 Å². The van der Waals surface area contributed by atoms with Gasteiger partial charge in [-0.3, -0.25) is 9.89 Å². The van der Waals surface area contributed by atoms with Crippen LogP contribution in [0, 0.1) is 5.82 Å². The van der Waals surface area contributed by atoms with Crippen LogP contribution in [0.25, 0.3) is 10.9 Å². The molecule has 2 N–H and O–H groups in total. The number of halogens is 1. The number of nitrogens with one attached hydrogen (secondary N) is 2. The largest absolute Gasteiger partial charge is 0.490 e. The Morgan fingerprint density at radius 1 is 1.06 bits per heavy atom. The SMILES string of the molecule is CN1CCC(Oc2ccc(C(=O)Nc3n[nH]c4cc(Oc5ccccc5F)ccc34)cc2)CC1. The number of ether oxygens (including phenoxy) is 2. The van der Waals surface area contributed by atoms with Gasteiger partial charge in [0.2, 0.25) is 0 Å². The van der Waals surface area contributed by atoms with Gasteiger partial charge in [0, 0.05) is 30.1 Å². The van der Waals surface area contributed by atoms with Crippen molar-refractivity contribution in [2.75, 3.05) is 25.5 Å². The van der Waals surface area contributed by atoms with Crippen LogP contribution in [0.1, 0.15) is 23.2 Å². The fourth-order valence-corrected chi connectivity index (χ4v) is 3.97. The molecule has 174 valence electrons. The Morgan fingerprint density at radius 2 is 1.79 bits per heavy atom. The Labute approximate surface area is 196 Å². The lowest BCUT2D eigenvalue weighted by atomic mass is 10.1. The summed E-state index contributed by atoms with van der Waals surface area (Å²) in [6, 6.07) is 18.5. The number of carbonyl (C=O) groups excluding carboxylic acids is 1. The van der Waals surface area contributed by atoms with Gasteiger partial charge in [-0.05, 0) is 68.4 Å². The van der Waals surface area contributed by atoms with Gasteiger partial charge in [0.05, 0.1) is 5.52 Å². The Morgan fingerprint density at radius 3 is 2.56 bits per heavy atom. The number of fused-ring (bicyclic) bond motifs is 1. The summed E-state index contributed by atoms with van der Waals surface area (Å²) in [5.41, 5.74) is 1.16. The number of benzene rings is 3. The second-order valence-corrected chi connectivity index (χ2v) is 8.41. The Kier molecular flexibility index (Phi) is 6.14. The first-order chi connectivity index (χ1) is 16.5. The van der Waals surface area contributed by atoms with Crippen molar-refractivity contribution in [3.8, 4) is 17.2 Å². The van der Waals surface area contributed by atoms with E-state index in [0.717, 1.165) is 37.1 Å². The molecular formula is C26H25FN4O3. The highest BCUT2D eigenvalue weighted by Gasteiger charge is 2.18. The zero-order valence-corrected chi connectivity index (χ0v) is 18.8. The van der Waals surface area contributed by atoms with E-state index < -0.39 is 5.82 Å². The molecule has 0 bridgehead atoms. The second kappa shape index (κ2) is 9.52. The number of aromatic amines is 1. The van der Waals surface area contributed by atoms with Crippen molar-refractivity contribution in [2.24, 2.45) is 0 Å². The standard InChI is InChI=1S/C26H25FN4O3/c1-31-14-12-19(13-15-31)33-18-8-6-17(7-9-18)26(32)28-25-21-11-10-20(16-23(21)29-30-25)34-24-5-3-2-4-22(24)27/h2-11,16,19H,12-15H2,1H3,(H2,28,29,30,32). The van der Waals surface area contributed by atoms with Crippen LogP contribution >= 0.6 is 0 Å². The minimum absolute atomic E-state index is 0.137. The molecule has 7 nitrogen and oxygen atoms in total. The van der Waals surface area contributed by atoms with E-state index in [2.05, 4.69) is 27.5 Å². The Hall–Kier alpha value is -3.91. The molecule has 1 amide bonds. The van der Waals surface area contributed by atoms with Crippen LogP contribution in [-0.4, -0.2) is 47.2 Å². The van der Waals surface area contributed by atoms with Gasteiger partial charge in [-0.15, -0.1) is 0 Å². The molecule has 8 heteroatoms. The first-order valence-corrected chi connectivity index (χ1v) is 11.2. The van der Waals surface area contributed by atoms with Crippen LogP contribution < -0.4 is 14.8 Å². The average Bonchev–Trinajstić information content (AvgIpc) is 3.24. The van der Waals surface area contributed by atoms with Gasteiger partial charge in [-0.2, -0.15) is 5.10 Å². The third-order valence-corrected chi connectivity index (χ3v) is 5.92. The number of hydrogen-bond donors (Lipinski definition) is 2. The normalized spacial score (nSPS) is 14.8. The number of para-hydroxylation sites is 1. The van der Waals surface area contributed by atoms with E-state index >= 15 is 0 Å². The van der Waals surface area contributed by atoms with Crippen LogP contribution in [0.2, 0.25) is 0 Å². The molecule has 0 atom stereocenters. The molecule has 1 saturated heterocycles. The summed E-state index contributed by atoms with van der Waals surface area (Å²) in [7, 11) is 2.12. The number of piperidine rings is 1. The minimum atomic E-state index is -0.442. The molecule has 0 unspecified atom stereocenters. The van der Waals surface area contributed by atoms with Gasteiger partial charge in [0.25, 0.3) is 5.91 Å². The number of likely N-dealkylation sites (tertiary alicyclic amines) is 1. The van der Waals surface area contributed by atoms with Crippen molar-refractivity contribution in [2.45, 2.75) is 18.9 Å². The molecule has 0 radical (unpaired) electrons. The third-order valence-electron chi connectivity index (χ3n) is 5.92. The lowest BCUT2D eigenvalue weighted by molar-refractivity contribution is 0.102. The van der Waals surface area contributed by atoms with Crippen molar-refractivity contribution in [1.82, 2.24) is 15.1 Å². The van der Waals surface area contributed by atoms with Crippen molar-refractivity contribution in [3.05, 3.63) is 78.1 Å². The van der Waals surface area contributed by atoms with Crippen molar-refractivity contribution < 1.29 is 18.7 Å². The van der Waals surface area contributed by atoms with Crippen LogP contribution in [0.3, 0.4) is 0 Å². The van der Waals surface area contributed by atoms with Crippen LogP contribution in [-0.2, 0) is 0 Å². The molecular weight excluding hydrogens is 435 g/mol. The smallest absolute Gasteiger partial charge is 0.256 e. The molecule has 34 heavy (non-hydrogen) atoms. The Balaban J connectivity index is 1.24. The summed E-state index contributed by atoms with van der Waals surface area (Å²) in [4.78, 5) is 15.1. The number of carbonyl (C=O) groups is 1. The monoisotopic (exact) mass is 460 g/mol. The fourth-order valence-electron chi connectivity index (χ4n) is 3.97. The summed E-state index contributed by atoms with van der Waals surface area (Å²) in [6.07, 6.45) is 2.20. The molecule has 1 fully saturated rings. The summed E-state index contributed by atoms with van der Waals surface area (Å²) in [5, 5.41) is 10.6. The van der Waals surface area contributed by atoms with E-state index in [9.17, 15) is 9.18 Å². The molecule has 0 saturated carbocycles. The summed E-state index contributed by atoms with van der Waals surface area (Å²) in [5.74, 6) is 1.05. The minimum Gasteiger partial charge on any atom is -0.490 e. The number of hydrogen-bond acceptors (Lipinski definition) is 5. The molecule has 4 aromatic rings. The maximum absolute atomic E-state index is 13.9. The number of rotatable bonds is 6. The van der Waals surface area contributed by atoms with Gasteiger partial charge in [0.1, 0.15) is 17.6 Å². The highest BCUT2D eigenvalue weighted by Crippen LogP contribution is 2.29. The van der Waals surface area contributed by atoms with E-state index in [4.69, 9.17) is 9.47 Å². The number of aromatic nitrogens is 2. The summed E-state index contributed by atoms with van der Waals surface area (Å²) in [6.45, 7) is 2.05. The first kappa shape index (κ1) is 21.9. The van der Waals surface area contributed by atoms with Crippen LogP contribution in [0.15, 0.2) is 66.7 Å². The Bertz CT molecular complexity index is 1300. The van der Waals surface area contributed by atoms with E-state index in [0.29, 0.717) is 22.6 Å². The zero-order chi connectivity index (χ0) is 23.5. The van der Waals surface area contributed by atoms with Crippen molar-refractivity contribution in [3.63, 3.8) is 0 Å². The third kappa shape index (κ3) is 4.87. The molecule has 1 aromatic heterocycles. The highest BCUT2D eigenvalue weighted by atomic mass is 19.1. The van der Waals surface area contributed by atoms with Crippen LogP contribution in [0.5, 0.6) is 17.2 Å². The lowest BCUT2D eigenvalue weighted by Gasteiger charge is -2.29. The molecule has 5 rings (SSSR count). The molecule has 3 aromatic carbocycles. The lowest BCUT2D eigenvalue weighted by Crippen LogP contribution is -2.35. The average molecular weight is 461 g/mol. The van der Waals surface area contributed by atoms with Gasteiger partial charge in [-0.1, -0.05) is 12.1 Å². The van der Waals surface area contributed by atoms with E-state index in [1.165, 1.54) is 6.07 Å². The van der Waals surface area contributed by atoms with Gasteiger partial charge in [-0.25, -0.2) is 4.39 Å². The topological polar surface area (TPSA) is 79.5 Å². The number of H-pyrrole nitrogens is 1. The molecule has 2 heterocycles. The number of anilines is 1. The van der Waals surface area contributed by atoms with Crippen LogP contribution in [0.4, 0.5) is 10.2 Å². The van der Waals surface area contributed by atoms with E-state index in [1.54, 1.807) is 48.5 Å². The first-order valence-electron chi connectivity index (χ1n) is 11.2. The maximum atomic E-state index is 13.9. The predicted octanol–water partition coefficient (Wildman–Crippen LogP) is 5.22. The fraction of sp³-hybridized carbons (Fsp3) is 0.231. The molecule has 1 aliphatic rings. The highest BCUT2D eigenvalue weighted by molar-refractivity contribution is 6.08. The summed E-state index contributed by atoms with van der Waals surface area (Å²) < 4.78 is 25.5. The van der Waals surface area contributed by atoms with E-state index in [1.807, 2.05) is 12.1 Å². The summed E-state index contributed by atoms with van der Waals surface area (Å²) >= 11 is 0. The number of amides is 1. The molecule has 0 aliphatic carbocycles. The van der Waals surface area contributed by atoms with Crippen molar-refractivity contribution >= 4 is 22.6 Å². The van der Waals surface area contributed by atoms with E-state index in [-0.39, 0.29) is 17.8 Å². The zero-order valence-electron chi connectivity index (χ0n) is 18.8. The van der Waals surface area contributed by atoms with Gasteiger partial charge in [0.15, 0.2) is 17.4 Å². The quantitative estimate of drug-likeness (QED) is 0.412. The number of nitrogens with zero attached hydrogens (tertiary/aromatic N) is 2. The maximum Gasteiger partial charge on any atom is 0.256 e. The molecule has 1 aliphatic heterocycles. The van der Waals surface area contributed by atoms with Gasteiger partial charge < -0.3 is 19.7 Å².